The molecule has 12 rings (SSSR count). The molecule has 6 aliphatic carbocycles. The molecule has 0 N–H and O–H groups in total. The molecule has 8 atom stereocenters. The maximum absolute atomic E-state index is 2.91. The summed E-state index contributed by atoms with van der Waals surface area (Å²) < 4.78 is 5.42. The second kappa shape index (κ2) is 11.0. The Bertz CT molecular complexity index is 2170. The first-order valence-corrected chi connectivity index (χ1v) is 20.8. The van der Waals surface area contributed by atoms with Crippen molar-refractivity contribution in [3.05, 3.63) is 91.0 Å². The van der Waals surface area contributed by atoms with Crippen LogP contribution in [0.3, 0.4) is 0 Å². The standard InChI is InChI=1S/C48H52N2/c1-3-14-33-31(12-1)38-19-11-20-39-32-13-2-4-15-34(32)42-28-30(27-41(33)48(42)47(38)39)50-45-23-10-7-18-37(45)40-26-29(24-25-46(40)50)49-43-21-8-5-16-35(43)36-17-6-9-22-44(36)49/h5-10,16-18,21-26,30-34,38-39,41-42,47-48H,1-4,11-15,19-20,27-28H2. The van der Waals surface area contributed by atoms with E-state index in [2.05, 4.69) is 100 Å². The largest absolute Gasteiger partial charge is 0.337 e. The van der Waals surface area contributed by atoms with E-state index in [9.17, 15) is 0 Å². The molecule has 2 nitrogen and oxygen atoms in total. The van der Waals surface area contributed by atoms with Crippen molar-refractivity contribution in [2.24, 2.45) is 59.2 Å². The topological polar surface area (TPSA) is 9.86 Å². The number of nitrogens with zero attached hydrogens (tertiary/aromatic N) is 2. The Morgan fingerprint density at radius 3 is 1.40 bits per heavy atom. The molecule has 0 saturated heterocycles. The quantitative estimate of drug-likeness (QED) is 0.176. The average Bonchev–Trinajstić information content (AvgIpc) is 3.70. The first-order chi connectivity index (χ1) is 24.8. The van der Waals surface area contributed by atoms with Crippen molar-refractivity contribution in [1.82, 2.24) is 9.13 Å². The van der Waals surface area contributed by atoms with Gasteiger partial charge >= 0.3 is 0 Å². The van der Waals surface area contributed by atoms with Gasteiger partial charge in [-0.1, -0.05) is 86.7 Å². The minimum absolute atomic E-state index is 0.615. The van der Waals surface area contributed by atoms with Crippen LogP contribution in [-0.4, -0.2) is 9.13 Å². The molecule has 2 heterocycles. The van der Waals surface area contributed by atoms with Crippen LogP contribution >= 0.6 is 0 Å². The van der Waals surface area contributed by atoms with Crippen LogP contribution < -0.4 is 0 Å². The van der Waals surface area contributed by atoms with Gasteiger partial charge in [-0.2, -0.15) is 0 Å². The first-order valence-electron chi connectivity index (χ1n) is 20.8. The Morgan fingerprint density at radius 2 is 0.820 bits per heavy atom. The second-order valence-electron chi connectivity index (χ2n) is 18.0. The molecule has 6 aliphatic rings. The SMILES string of the molecule is c1ccc2c(c1)c1ccccc1n2-c1ccc2c(c1)c1ccccc1n2C1CC2C3CCCCC3C3CCCC4C5CCCCC5C(C1)C2C34. The highest BCUT2D eigenvalue weighted by atomic mass is 15.0. The molecule has 0 spiro atoms. The van der Waals surface area contributed by atoms with Gasteiger partial charge in [-0.3, -0.25) is 0 Å². The molecule has 254 valence electrons. The van der Waals surface area contributed by atoms with Crippen molar-refractivity contribution in [3.8, 4) is 5.69 Å². The Kier molecular flexibility index (Phi) is 6.40. The third kappa shape index (κ3) is 3.92. The second-order valence-corrected chi connectivity index (χ2v) is 18.0. The van der Waals surface area contributed by atoms with E-state index in [-0.39, 0.29) is 0 Å². The monoisotopic (exact) mass is 656 g/mol. The van der Waals surface area contributed by atoms with Crippen molar-refractivity contribution in [1.29, 1.82) is 0 Å². The normalized spacial score (nSPS) is 36.4. The summed E-state index contributed by atoms with van der Waals surface area (Å²) in [6, 6.07) is 35.5. The lowest BCUT2D eigenvalue weighted by atomic mass is 9.37. The van der Waals surface area contributed by atoms with Gasteiger partial charge in [0.25, 0.3) is 0 Å². The molecule has 0 bridgehead atoms. The fourth-order valence-corrected chi connectivity index (χ4v) is 15.1. The average molecular weight is 657 g/mol. The summed E-state index contributed by atoms with van der Waals surface area (Å²) in [5.74, 6) is 10.2. The van der Waals surface area contributed by atoms with E-state index in [0.29, 0.717) is 6.04 Å². The fraction of sp³-hybridized carbons (Fsp3) is 0.500. The lowest BCUT2D eigenvalue weighted by Gasteiger charge is -2.68. The highest BCUT2D eigenvalue weighted by molar-refractivity contribution is 6.11. The van der Waals surface area contributed by atoms with Crippen molar-refractivity contribution < 1.29 is 0 Å². The van der Waals surface area contributed by atoms with Gasteiger partial charge in [0, 0.05) is 44.3 Å². The molecule has 8 unspecified atom stereocenters. The van der Waals surface area contributed by atoms with Gasteiger partial charge in [-0.25, -0.2) is 0 Å². The Balaban J connectivity index is 1.02. The third-order valence-corrected chi connectivity index (χ3v) is 16.4. The van der Waals surface area contributed by atoms with E-state index >= 15 is 0 Å². The van der Waals surface area contributed by atoms with Gasteiger partial charge in [0.1, 0.15) is 0 Å². The van der Waals surface area contributed by atoms with Crippen LogP contribution in [0.5, 0.6) is 0 Å². The Hall–Kier alpha value is -3.52. The lowest BCUT2D eigenvalue weighted by Crippen LogP contribution is -2.62. The Morgan fingerprint density at radius 1 is 0.380 bits per heavy atom. The van der Waals surface area contributed by atoms with E-state index in [1.54, 1.807) is 32.1 Å². The summed E-state index contributed by atoms with van der Waals surface area (Å²) in [5, 5.41) is 5.56. The van der Waals surface area contributed by atoms with Gasteiger partial charge in [0.15, 0.2) is 0 Å². The highest BCUT2D eigenvalue weighted by Gasteiger charge is 2.63. The summed E-state index contributed by atoms with van der Waals surface area (Å²) in [5.41, 5.74) is 6.83. The first kappa shape index (κ1) is 29.1. The number of para-hydroxylation sites is 3. The molecule has 0 aliphatic heterocycles. The molecular formula is C48H52N2. The van der Waals surface area contributed by atoms with Crippen molar-refractivity contribution in [3.63, 3.8) is 0 Å². The molecule has 0 amide bonds. The van der Waals surface area contributed by atoms with Crippen LogP contribution in [0.2, 0.25) is 0 Å². The van der Waals surface area contributed by atoms with Crippen LogP contribution in [0.4, 0.5) is 0 Å². The molecule has 2 aromatic heterocycles. The molecule has 4 aromatic carbocycles. The highest BCUT2D eigenvalue weighted by Crippen LogP contribution is 2.70. The molecule has 2 heteroatoms. The lowest BCUT2D eigenvalue weighted by molar-refractivity contribution is -0.192. The zero-order chi connectivity index (χ0) is 32.5. The molecule has 6 saturated carbocycles. The number of aromatic nitrogens is 2. The predicted molar refractivity (Wildman–Crippen MR) is 208 cm³/mol. The fourth-order valence-electron chi connectivity index (χ4n) is 15.1. The minimum atomic E-state index is 0.615. The van der Waals surface area contributed by atoms with Crippen LogP contribution in [0.1, 0.15) is 89.5 Å². The summed E-state index contributed by atoms with van der Waals surface area (Å²) in [6.45, 7) is 0. The predicted octanol–water partition coefficient (Wildman–Crippen LogP) is 12.7. The van der Waals surface area contributed by atoms with Gasteiger partial charge < -0.3 is 9.13 Å². The van der Waals surface area contributed by atoms with Gasteiger partial charge in [0.2, 0.25) is 0 Å². The molecule has 6 fully saturated rings. The van der Waals surface area contributed by atoms with Gasteiger partial charge in [-0.05, 0) is 147 Å². The summed E-state index contributed by atoms with van der Waals surface area (Å²) in [6.07, 6.45) is 19.7. The van der Waals surface area contributed by atoms with E-state index < -0.39 is 0 Å². The maximum Gasteiger partial charge on any atom is 0.0541 e. The van der Waals surface area contributed by atoms with Crippen molar-refractivity contribution in [2.45, 2.75) is 89.5 Å². The summed E-state index contributed by atoms with van der Waals surface area (Å²) in [4.78, 5) is 0. The van der Waals surface area contributed by atoms with E-state index in [1.165, 1.54) is 101 Å². The number of fused-ring (bicyclic) bond motifs is 12. The molecular weight excluding hydrogens is 605 g/mol. The summed E-state index contributed by atoms with van der Waals surface area (Å²) >= 11 is 0. The van der Waals surface area contributed by atoms with Crippen molar-refractivity contribution in [2.75, 3.05) is 0 Å². The van der Waals surface area contributed by atoms with E-state index in [1.807, 2.05) is 0 Å². The number of benzene rings is 4. The van der Waals surface area contributed by atoms with Crippen molar-refractivity contribution >= 4 is 43.6 Å². The third-order valence-electron chi connectivity index (χ3n) is 16.4. The van der Waals surface area contributed by atoms with Crippen LogP contribution in [0.15, 0.2) is 91.0 Å². The van der Waals surface area contributed by atoms with Crippen LogP contribution in [-0.2, 0) is 0 Å². The van der Waals surface area contributed by atoms with Gasteiger partial charge in [-0.15, -0.1) is 0 Å². The molecule has 6 aromatic rings. The zero-order valence-corrected chi connectivity index (χ0v) is 29.6. The van der Waals surface area contributed by atoms with E-state index in [0.717, 1.165) is 59.2 Å². The molecule has 0 radical (unpaired) electrons. The van der Waals surface area contributed by atoms with Crippen LogP contribution in [0, 0.1) is 59.2 Å². The summed E-state index contributed by atoms with van der Waals surface area (Å²) in [7, 11) is 0. The number of hydrogen-bond donors (Lipinski definition) is 0. The van der Waals surface area contributed by atoms with E-state index in [4.69, 9.17) is 0 Å². The minimum Gasteiger partial charge on any atom is -0.337 e. The number of hydrogen-bond acceptors (Lipinski definition) is 0. The number of rotatable bonds is 2. The van der Waals surface area contributed by atoms with Crippen LogP contribution in [0.25, 0.3) is 49.3 Å². The molecule has 50 heavy (non-hydrogen) atoms. The maximum atomic E-state index is 2.91. The van der Waals surface area contributed by atoms with Gasteiger partial charge in [0.05, 0.1) is 11.0 Å². The zero-order valence-electron chi connectivity index (χ0n) is 29.6. The smallest absolute Gasteiger partial charge is 0.0541 e. The Labute approximate surface area is 297 Å².